The first-order chi connectivity index (χ1) is 14.1. The molecule has 0 saturated heterocycles. The van der Waals surface area contributed by atoms with Crippen LogP contribution in [0.1, 0.15) is 39.7 Å². The molecule has 148 valence electrons. The standard InChI is InChI=1S/C22H21N3O3S/c1-28-16-12-10-14(11-13-16)20(26)25-22-24-19-17(8-5-9-18(19)29-22)21(27)23-15-6-3-2-4-7-15/h2-4,6-7,10-13,17H,5,8-9H2,1H3,(H,23,27)(H,24,25,26). The van der Waals surface area contributed by atoms with Crippen molar-refractivity contribution in [2.24, 2.45) is 0 Å². The highest BCUT2D eigenvalue weighted by molar-refractivity contribution is 7.16. The molecule has 29 heavy (non-hydrogen) atoms. The zero-order valence-corrected chi connectivity index (χ0v) is 16.8. The van der Waals surface area contributed by atoms with Crippen LogP contribution < -0.4 is 15.4 Å². The van der Waals surface area contributed by atoms with Gasteiger partial charge in [-0.05, 0) is 55.7 Å². The molecule has 1 heterocycles. The van der Waals surface area contributed by atoms with Gasteiger partial charge in [-0.2, -0.15) is 0 Å². The summed E-state index contributed by atoms with van der Waals surface area (Å²) in [6, 6.07) is 16.3. The van der Waals surface area contributed by atoms with Gasteiger partial charge in [0.2, 0.25) is 5.91 Å². The van der Waals surface area contributed by atoms with Gasteiger partial charge in [-0.25, -0.2) is 4.98 Å². The molecule has 0 bridgehead atoms. The minimum Gasteiger partial charge on any atom is -0.497 e. The molecule has 0 spiro atoms. The Labute approximate surface area is 172 Å². The van der Waals surface area contributed by atoms with E-state index in [0.29, 0.717) is 16.4 Å². The van der Waals surface area contributed by atoms with Gasteiger partial charge in [0, 0.05) is 16.1 Å². The predicted molar refractivity (Wildman–Crippen MR) is 114 cm³/mol. The number of hydrogen-bond donors (Lipinski definition) is 2. The molecule has 0 radical (unpaired) electrons. The first-order valence-electron chi connectivity index (χ1n) is 9.45. The Morgan fingerprint density at radius 3 is 2.55 bits per heavy atom. The van der Waals surface area contributed by atoms with Crippen molar-refractivity contribution in [1.29, 1.82) is 0 Å². The van der Waals surface area contributed by atoms with Crippen molar-refractivity contribution in [2.45, 2.75) is 25.2 Å². The van der Waals surface area contributed by atoms with Gasteiger partial charge >= 0.3 is 0 Å². The minimum absolute atomic E-state index is 0.0597. The molecule has 6 nitrogen and oxygen atoms in total. The molecule has 1 aliphatic carbocycles. The number of anilines is 2. The van der Waals surface area contributed by atoms with Crippen molar-refractivity contribution in [3.63, 3.8) is 0 Å². The van der Waals surface area contributed by atoms with E-state index in [1.165, 1.54) is 11.3 Å². The van der Waals surface area contributed by atoms with Crippen molar-refractivity contribution >= 4 is 34.0 Å². The second-order valence-corrected chi connectivity index (χ2v) is 7.89. The molecule has 1 aliphatic rings. The van der Waals surface area contributed by atoms with Gasteiger partial charge in [-0.3, -0.25) is 14.9 Å². The number of para-hydroxylation sites is 1. The molecule has 7 heteroatoms. The van der Waals surface area contributed by atoms with E-state index in [-0.39, 0.29) is 17.7 Å². The van der Waals surface area contributed by atoms with Crippen LogP contribution in [0.25, 0.3) is 0 Å². The van der Waals surface area contributed by atoms with Crippen LogP contribution in [0.3, 0.4) is 0 Å². The van der Waals surface area contributed by atoms with Gasteiger partial charge < -0.3 is 10.1 Å². The number of amides is 2. The number of ether oxygens (including phenoxy) is 1. The predicted octanol–water partition coefficient (Wildman–Crippen LogP) is 4.46. The van der Waals surface area contributed by atoms with Gasteiger partial charge in [0.05, 0.1) is 18.7 Å². The maximum absolute atomic E-state index is 12.8. The van der Waals surface area contributed by atoms with Crippen LogP contribution in [0, 0.1) is 0 Å². The average molecular weight is 407 g/mol. The van der Waals surface area contributed by atoms with E-state index in [4.69, 9.17) is 4.74 Å². The molecule has 0 saturated carbocycles. The Balaban J connectivity index is 1.49. The quantitative estimate of drug-likeness (QED) is 0.654. The average Bonchev–Trinajstić information content (AvgIpc) is 3.16. The number of rotatable bonds is 5. The van der Waals surface area contributed by atoms with Gasteiger partial charge in [0.25, 0.3) is 5.91 Å². The molecule has 0 fully saturated rings. The van der Waals surface area contributed by atoms with Crippen LogP contribution in [-0.2, 0) is 11.2 Å². The summed E-state index contributed by atoms with van der Waals surface area (Å²) in [6.45, 7) is 0. The summed E-state index contributed by atoms with van der Waals surface area (Å²) in [6.07, 6.45) is 2.55. The van der Waals surface area contributed by atoms with Crippen molar-refractivity contribution in [1.82, 2.24) is 4.98 Å². The smallest absolute Gasteiger partial charge is 0.257 e. The molecule has 3 aromatic rings. The monoisotopic (exact) mass is 407 g/mol. The van der Waals surface area contributed by atoms with Gasteiger partial charge in [0.1, 0.15) is 5.75 Å². The Morgan fingerprint density at radius 1 is 1.07 bits per heavy atom. The van der Waals surface area contributed by atoms with Crippen LogP contribution in [0.15, 0.2) is 54.6 Å². The fraction of sp³-hybridized carbons (Fsp3) is 0.227. The number of nitrogens with one attached hydrogen (secondary N) is 2. The molecule has 1 atom stereocenters. The van der Waals surface area contributed by atoms with Crippen LogP contribution in [0.5, 0.6) is 5.75 Å². The topological polar surface area (TPSA) is 80.3 Å². The maximum atomic E-state index is 12.8. The van der Waals surface area contributed by atoms with E-state index in [9.17, 15) is 9.59 Å². The number of hydrogen-bond acceptors (Lipinski definition) is 5. The number of carbonyl (C=O) groups excluding carboxylic acids is 2. The maximum Gasteiger partial charge on any atom is 0.257 e. The summed E-state index contributed by atoms with van der Waals surface area (Å²) in [5, 5.41) is 6.35. The van der Waals surface area contributed by atoms with Crippen molar-refractivity contribution in [3.8, 4) is 5.75 Å². The number of aromatic nitrogens is 1. The first-order valence-corrected chi connectivity index (χ1v) is 10.3. The number of carbonyl (C=O) groups is 2. The molecular weight excluding hydrogens is 386 g/mol. The van der Waals surface area contributed by atoms with E-state index < -0.39 is 0 Å². The van der Waals surface area contributed by atoms with Gasteiger partial charge in [0.15, 0.2) is 5.13 Å². The fourth-order valence-electron chi connectivity index (χ4n) is 3.39. The highest BCUT2D eigenvalue weighted by Crippen LogP contribution is 2.37. The lowest BCUT2D eigenvalue weighted by Crippen LogP contribution is -2.24. The van der Waals surface area contributed by atoms with Crippen molar-refractivity contribution in [3.05, 3.63) is 70.7 Å². The number of thiazole rings is 1. The van der Waals surface area contributed by atoms with E-state index in [0.717, 1.165) is 35.5 Å². The molecule has 1 unspecified atom stereocenters. The van der Waals surface area contributed by atoms with Crippen LogP contribution in [0.2, 0.25) is 0 Å². The normalized spacial score (nSPS) is 15.3. The number of benzene rings is 2. The van der Waals surface area contributed by atoms with Crippen LogP contribution in [0.4, 0.5) is 10.8 Å². The lowest BCUT2D eigenvalue weighted by Gasteiger charge is -2.20. The van der Waals surface area contributed by atoms with E-state index in [1.807, 2.05) is 30.3 Å². The third kappa shape index (κ3) is 4.30. The summed E-state index contributed by atoms with van der Waals surface area (Å²) in [5.41, 5.74) is 2.07. The highest BCUT2D eigenvalue weighted by Gasteiger charge is 2.30. The third-order valence-electron chi connectivity index (χ3n) is 4.88. The zero-order chi connectivity index (χ0) is 20.2. The molecule has 2 amide bonds. The van der Waals surface area contributed by atoms with Crippen molar-refractivity contribution in [2.75, 3.05) is 17.7 Å². The second kappa shape index (κ2) is 8.45. The Morgan fingerprint density at radius 2 is 1.83 bits per heavy atom. The number of aryl methyl sites for hydroxylation is 1. The highest BCUT2D eigenvalue weighted by atomic mass is 32.1. The van der Waals surface area contributed by atoms with E-state index in [1.54, 1.807) is 31.4 Å². The van der Waals surface area contributed by atoms with Crippen molar-refractivity contribution < 1.29 is 14.3 Å². The lowest BCUT2D eigenvalue weighted by atomic mass is 9.90. The summed E-state index contributed by atoms with van der Waals surface area (Å²) >= 11 is 1.45. The number of methoxy groups -OCH3 is 1. The summed E-state index contributed by atoms with van der Waals surface area (Å²) in [4.78, 5) is 31.0. The summed E-state index contributed by atoms with van der Waals surface area (Å²) < 4.78 is 5.12. The molecule has 2 aromatic carbocycles. The van der Waals surface area contributed by atoms with Crippen LogP contribution >= 0.6 is 11.3 Å². The molecule has 1 aromatic heterocycles. The summed E-state index contributed by atoms with van der Waals surface area (Å²) in [5.74, 6) is 0.0971. The fourth-order valence-corrected chi connectivity index (χ4v) is 4.45. The number of fused-ring (bicyclic) bond motifs is 1. The molecule has 4 rings (SSSR count). The Hall–Kier alpha value is -3.19. The molecule has 0 aliphatic heterocycles. The zero-order valence-electron chi connectivity index (χ0n) is 16.0. The number of nitrogens with zero attached hydrogens (tertiary/aromatic N) is 1. The van der Waals surface area contributed by atoms with Gasteiger partial charge in [-0.1, -0.05) is 18.2 Å². The summed E-state index contributed by atoms with van der Waals surface area (Å²) in [7, 11) is 1.58. The minimum atomic E-state index is -0.304. The SMILES string of the molecule is COc1ccc(C(=O)Nc2nc3c(s2)CCCC3C(=O)Nc2ccccc2)cc1. The van der Waals surface area contributed by atoms with E-state index in [2.05, 4.69) is 15.6 Å². The van der Waals surface area contributed by atoms with E-state index >= 15 is 0 Å². The van der Waals surface area contributed by atoms with Gasteiger partial charge in [-0.15, -0.1) is 11.3 Å². The Kier molecular flexibility index (Phi) is 5.57. The Bertz CT molecular complexity index is 1020. The largest absolute Gasteiger partial charge is 0.497 e. The van der Waals surface area contributed by atoms with Crippen LogP contribution in [-0.4, -0.2) is 23.9 Å². The first kappa shape index (κ1) is 19.1. The third-order valence-corrected chi connectivity index (χ3v) is 5.93. The second-order valence-electron chi connectivity index (χ2n) is 6.81. The lowest BCUT2D eigenvalue weighted by molar-refractivity contribution is -0.117. The molecule has 2 N–H and O–H groups in total. The molecular formula is C22H21N3O3S.